The fourth-order valence-corrected chi connectivity index (χ4v) is 5.43. The van der Waals surface area contributed by atoms with Gasteiger partial charge in [-0.25, -0.2) is 8.42 Å². The van der Waals surface area contributed by atoms with E-state index < -0.39 is 21.1 Å². The molecule has 144 valence electrons. The van der Waals surface area contributed by atoms with E-state index in [1.54, 1.807) is 16.7 Å². The van der Waals surface area contributed by atoms with Gasteiger partial charge in [-0.2, -0.15) is 11.8 Å². The molecule has 1 heterocycles. The van der Waals surface area contributed by atoms with E-state index in [-0.39, 0.29) is 24.1 Å². The molecule has 8 heteroatoms. The average Bonchev–Trinajstić information content (AvgIpc) is 2.76. The van der Waals surface area contributed by atoms with Crippen LogP contribution in [0.2, 0.25) is 0 Å². The highest BCUT2D eigenvalue weighted by molar-refractivity contribution is 7.98. The number of thioether (sulfide) groups is 1. The Balaban J connectivity index is 2.14. The van der Waals surface area contributed by atoms with Crippen LogP contribution in [0.15, 0.2) is 30.3 Å². The average molecular weight is 399 g/mol. The maximum atomic E-state index is 12.9. The number of carbonyl (C=O) groups excluding carboxylic acids is 2. The van der Waals surface area contributed by atoms with Crippen LogP contribution in [0.3, 0.4) is 0 Å². The van der Waals surface area contributed by atoms with Crippen LogP contribution in [0.25, 0.3) is 0 Å². The van der Waals surface area contributed by atoms with Gasteiger partial charge >= 0.3 is 0 Å². The van der Waals surface area contributed by atoms with Crippen LogP contribution in [0.1, 0.15) is 30.6 Å². The lowest BCUT2D eigenvalue weighted by atomic mass is 10.1. The van der Waals surface area contributed by atoms with Crippen LogP contribution in [0, 0.1) is 0 Å². The Bertz CT molecular complexity index is 722. The van der Waals surface area contributed by atoms with Gasteiger partial charge in [0.15, 0.2) is 9.84 Å². The van der Waals surface area contributed by atoms with Crippen molar-refractivity contribution in [2.24, 2.45) is 0 Å². The molecule has 2 rings (SSSR count). The molecule has 2 amide bonds. The van der Waals surface area contributed by atoms with E-state index in [1.807, 2.05) is 36.6 Å². The molecule has 0 aliphatic carbocycles. The highest BCUT2D eigenvalue weighted by atomic mass is 32.2. The summed E-state index contributed by atoms with van der Waals surface area (Å²) in [5, 5.41) is 2.11. The molecule has 1 aromatic rings. The topological polar surface area (TPSA) is 83.6 Å². The lowest BCUT2D eigenvalue weighted by Crippen LogP contribution is -2.49. The van der Waals surface area contributed by atoms with Gasteiger partial charge in [0.05, 0.1) is 11.0 Å². The minimum atomic E-state index is -3.33. The van der Waals surface area contributed by atoms with Crippen molar-refractivity contribution in [1.82, 2.24) is 10.2 Å². The zero-order chi connectivity index (χ0) is 19.2. The summed E-state index contributed by atoms with van der Waals surface area (Å²) in [6.07, 6.45) is 2.84. The van der Waals surface area contributed by atoms with E-state index in [4.69, 9.17) is 0 Å². The normalized spacial score (nSPS) is 20.8. The van der Waals surface area contributed by atoms with Gasteiger partial charge in [0.1, 0.15) is 6.04 Å². The van der Waals surface area contributed by atoms with E-state index in [0.717, 1.165) is 11.3 Å². The van der Waals surface area contributed by atoms with Crippen molar-refractivity contribution in [3.8, 4) is 0 Å². The Morgan fingerprint density at radius 2 is 1.96 bits per heavy atom. The summed E-state index contributed by atoms with van der Waals surface area (Å²) in [5.41, 5.74) is 0.766. The first-order chi connectivity index (χ1) is 12.3. The zero-order valence-electron chi connectivity index (χ0n) is 15.2. The summed E-state index contributed by atoms with van der Waals surface area (Å²) in [6.45, 7) is 1.92. The number of hydrogen-bond donors (Lipinski definition) is 1. The zero-order valence-corrected chi connectivity index (χ0v) is 16.8. The predicted molar refractivity (Wildman–Crippen MR) is 105 cm³/mol. The third-order valence-corrected chi connectivity index (χ3v) is 7.28. The summed E-state index contributed by atoms with van der Waals surface area (Å²) in [6, 6.07) is 8.54. The Morgan fingerprint density at radius 1 is 1.27 bits per heavy atom. The second-order valence-corrected chi connectivity index (χ2v) is 9.70. The number of amides is 2. The van der Waals surface area contributed by atoms with Crippen LogP contribution in [-0.2, 0) is 19.4 Å². The molecule has 2 unspecified atom stereocenters. The number of benzene rings is 1. The predicted octanol–water partition coefficient (Wildman–Crippen LogP) is 1.63. The van der Waals surface area contributed by atoms with Crippen molar-refractivity contribution in [2.45, 2.75) is 31.1 Å². The molecule has 0 bridgehead atoms. The number of carbonyl (C=O) groups is 2. The molecule has 0 aromatic heterocycles. The third-order valence-electron chi connectivity index (χ3n) is 4.51. The summed E-state index contributed by atoms with van der Waals surface area (Å²) in [4.78, 5) is 25.9. The molecule has 1 aromatic carbocycles. The largest absolute Gasteiger partial charge is 0.345 e. The number of rotatable bonds is 6. The molecule has 1 aliphatic rings. The van der Waals surface area contributed by atoms with E-state index in [0.29, 0.717) is 19.4 Å². The van der Waals surface area contributed by atoms with Crippen molar-refractivity contribution in [1.29, 1.82) is 0 Å². The summed E-state index contributed by atoms with van der Waals surface area (Å²) >= 11 is 1.60. The second kappa shape index (κ2) is 9.41. The van der Waals surface area contributed by atoms with Gasteiger partial charge in [-0.3, -0.25) is 9.59 Å². The monoisotopic (exact) mass is 398 g/mol. The Kier molecular flexibility index (Phi) is 7.52. The van der Waals surface area contributed by atoms with Gasteiger partial charge in [0.2, 0.25) is 11.8 Å². The van der Waals surface area contributed by atoms with Crippen molar-refractivity contribution >= 4 is 33.4 Å². The smallest absolute Gasteiger partial charge is 0.245 e. The van der Waals surface area contributed by atoms with Crippen LogP contribution in [-0.4, -0.2) is 62.0 Å². The van der Waals surface area contributed by atoms with E-state index in [9.17, 15) is 18.0 Å². The number of hydrogen-bond acceptors (Lipinski definition) is 5. The van der Waals surface area contributed by atoms with E-state index in [1.165, 1.54) is 6.92 Å². The van der Waals surface area contributed by atoms with Crippen LogP contribution in [0.4, 0.5) is 0 Å². The van der Waals surface area contributed by atoms with Crippen molar-refractivity contribution < 1.29 is 18.0 Å². The number of nitrogens with zero attached hydrogens (tertiary/aromatic N) is 1. The lowest BCUT2D eigenvalue weighted by molar-refractivity contribution is -0.135. The van der Waals surface area contributed by atoms with Gasteiger partial charge in [-0.15, -0.1) is 0 Å². The highest BCUT2D eigenvalue weighted by Crippen LogP contribution is 2.29. The van der Waals surface area contributed by atoms with Gasteiger partial charge in [0.25, 0.3) is 0 Å². The first-order valence-corrected chi connectivity index (χ1v) is 11.8. The molecule has 0 spiro atoms. The molecule has 0 saturated carbocycles. The molecule has 0 radical (unpaired) electrons. The van der Waals surface area contributed by atoms with Gasteiger partial charge in [-0.1, -0.05) is 30.3 Å². The fraction of sp³-hybridized carbons (Fsp3) is 0.556. The first kappa shape index (κ1) is 20.8. The van der Waals surface area contributed by atoms with Gasteiger partial charge in [-0.05, 0) is 30.4 Å². The molecule has 1 aliphatic heterocycles. The van der Waals surface area contributed by atoms with Crippen LogP contribution < -0.4 is 5.32 Å². The standard InChI is InChI=1S/C18H26N2O4S2/c1-14(21)19-16(9-12-25-2)18(22)20-10-8-17(26(23,24)13-11-20)15-6-4-3-5-7-15/h3-7,16-17H,8-13H2,1-2H3,(H,19,21). The maximum Gasteiger partial charge on any atom is 0.245 e. The van der Waals surface area contributed by atoms with Crippen LogP contribution in [0.5, 0.6) is 0 Å². The van der Waals surface area contributed by atoms with Crippen LogP contribution >= 0.6 is 11.8 Å². The minimum Gasteiger partial charge on any atom is -0.345 e. The van der Waals surface area contributed by atoms with Gasteiger partial charge < -0.3 is 10.2 Å². The lowest BCUT2D eigenvalue weighted by Gasteiger charge is -2.26. The molecule has 1 saturated heterocycles. The van der Waals surface area contributed by atoms with Crippen molar-refractivity contribution in [2.75, 3.05) is 30.9 Å². The summed E-state index contributed by atoms with van der Waals surface area (Å²) < 4.78 is 25.4. The maximum absolute atomic E-state index is 12.9. The minimum absolute atomic E-state index is 0.0619. The second-order valence-electron chi connectivity index (χ2n) is 6.41. The number of nitrogens with one attached hydrogen (secondary N) is 1. The Morgan fingerprint density at radius 3 is 2.58 bits per heavy atom. The summed E-state index contributed by atoms with van der Waals surface area (Å²) in [7, 11) is -3.33. The Hall–Kier alpha value is -1.54. The van der Waals surface area contributed by atoms with E-state index in [2.05, 4.69) is 5.32 Å². The molecule has 26 heavy (non-hydrogen) atoms. The third kappa shape index (κ3) is 5.48. The Labute approximate surface area is 159 Å². The molecule has 2 atom stereocenters. The molecule has 6 nitrogen and oxygen atoms in total. The van der Waals surface area contributed by atoms with Crippen molar-refractivity contribution in [3.63, 3.8) is 0 Å². The number of sulfone groups is 1. The van der Waals surface area contributed by atoms with E-state index >= 15 is 0 Å². The fourth-order valence-electron chi connectivity index (χ4n) is 3.17. The molecule has 1 N–H and O–H groups in total. The first-order valence-electron chi connectivity index (χ1n) is 8.66. The highest BCUT2D eigenvalue weighted by Gasteiger charge is 2.34. The summed E-state index contributed by atoms with van der Waals surface area (Å²) in [5.74, 6) is 0.232. The molecule has 1 fully saturated rings. The molecular weight excluding hydrogens is 372 g/mol. The SMILES string of the molecule is CSCCC(NC(C)=O)C(=O)N1CCC(c2ccccc2)S(=O)(=O)CC1. The molecular formula is C18H26N2O4S2. The quantitative estimate of drug-likeness (QED) is 0.787. The van der Waals surface area contributed by atoms with Gasteiger partial charge in [0, 0.05) is 20.0 Å². The van der Waals surface area contributed by atoms with Crippen molar-refractivity contribution in [3.05, 3.63) is 35.9 Å².